The summed E-state index contributed by atoms with van der Waals surface area (Å²) in [5, 5.41) is 2.88. The molecule has 0 aromatic heterocycles. The highest BCUT2D eigenvalue weighted by atomic mass is 35.5. The van der Waals surface area contributed by atoms with E-state index in [4.69, 9.17) is 34.7 Å². The number of amides is 2. The number of nitrogens with two attached hydrogens (primary N) is 2. The van der Waals surface area contributed by atoms with Crippen molar-refractivity contribution in [1.29, 1.82) is 0 Å². The minimum Gasteiger partial charge on any atom is -0.369 e. The number of rotatable bonds is 1. The summed E-state index contributed by atoms with van der Waals surface area (Å²) in [7, 11) is 0. The molecule has 1 aromatic rings. The summed E-state index contributed by atoms with van der Waals surface area (Å²) >= 11 is 11.4. The number of nitrogens with zero attached hydrogens (tertiary/aromatic N) is 1. The maximum atomic E-state index is 10.4. The third-order valence-corrected chi connectivity index (χ3v) is 2.14. The summed E-state index contributed by atoms with van der Waals surface area (Å²) in [6.45, 7) is 0. The van der Waals surface area contributed by atoms with Crippen LogP contribution in [-0.2, 0) is 0 Å². The lowest BCUT2D eigenvalue weighted by molar-refractivity contribution is 0.253. The van der Waals surface area contributed by atoms with Crippen LogP contribution < -0.4 is 16.8 Å². The summed E-state index contributed by atoms with van der Waals surface area (Å²) in [6.07, 6.45) is 0. The number of nitrogens with one attached hydrogen (secondary N) is 1. The van der Waals surface area contributed by atoms with Crippen LogP contribution in [-0.4, -0.2) is 12.0 Å². The van der Waals surface area contributed by atoms with Crippen molar-refractivity contribution < 1.29 is 4.79 Å². The van der Waals surface area contributed by atoms with Gasteiger partial charge in [-0.3, -0.25) is 5.32 Å². The number of carbonyl (C=O) groups excluding carboxylic acids is 1. The van der Waals surface area contributed by atoms with Gasteiger partial charge in [0.1, 0.15) is 0 Å². The van der Waals surface area contributed by atoms with Gasteiger partial charge in [0.05, 0.1) is 15.7 Å². The summed E-state index contributed by atoms with van der Waals surface area (Å²) < 4.78 is 0. The van der Waals surface area contributed by atoms with Crippen LogP contribution in [0.5, 0.6) is 0 Å². The van der Waals surface area contributed by atoms with Crippen LogP contribution in [0.3, 0.4) is 0 Å². The van der Waals surface area contributed by atoms with E-state index in [9.17, 15) is 4.79 Å². The first-order valence-electron chi connectivity index (χ1n) is 3.84. The predicted molar refractivity (Wildman–Crippen MR) is 60.5 cm³/mol. The zero-order valence-electron chi connectivity index (χ0n) is 7.50. The Hall–Kier alpha value is -1.46. The molecule has 15 heavy (non-hydrogen) atoms. The van der Waals surface area contributed by atoms with E-state index in [-0.39, 0.29) is 5.96 Å². The Kier molecular flexibility index (Phi) is 3.76. The van der Waals surface area contributed by atoms with Crippen LogP contribution in [0, 0.1) is 0 Å². The van der Waals surface area contributed by atoms with Crippen molar-refractivity contribution in [3.8, 4) is 0 Å². The van der Waals surface area contributed by atoms with Crippen LogP contribution >= 0.6 is 23.2 Å². The van der Waals surface area contributed by atoms with Crippen LogP contribution in [0.1, 0.15) is 0 Å². The number of primary amides is 1. The summed E-state index contributed by atoms with van der Waals surface area (Å²) in [5.41, 5.74) is 10.7. The third-order valence-electron chi connectivity index (χ3n) is 1.40. The van der Waals surface area contributed by atoms with E-state index < -0.39 is 6.03 Å². The largest absolute Gasteiger partial charge is 0.369 e. The Morgan fingerprint density at radius 3 is 2.47 bits per heavy atom. The van der Waals surface area contributed by atoms with Gasteiger partial charge in [0, 0.05) is 0 Å². The fraction of sp³-hybridized carbons (Fsp3) is 0. The molecule has 1 aromatic carbocycles. The average Bonchev–Trinajstić information content (AvgIpc) is 2.10. The van der Waals surface area contributed by atoms with Crippen molar-refractivity contribution in [1.82, 2.24) is 5.32 Å². The van der Waals surface area contributed by atoms with E-state index in [1.807, 2.05) is 0 Å². The van der Waals surface area contributed by atoms with Gasteiger partial charge in [0.2, 0.25) is 5.96 Å². The zero-order valence-corrected chi connectivity index (χ0v) is 9.01. The van der Waals surface area contributed by atoms with Gasteiger partial charge >= 0.3 is 6.03 Å². The normalized spacial score (nSPS) is 11.2. The summed E-state index contributed by atoms with van der Waals surface area (Å²) in [6, 6.07) is 3.90. The number of guanidine groups is 1. The van der Waals surface area contributed by atoms with E-state index in [0.717, 1.165) is 0 Å². The van der Waals surface area contributed by atoms with Gasteiger partial charge in [-0.1, -0.05) is 23.2 Å². The van der Waals surface area contributed by atoms with Gasteiger partial charge < -0.3 is 11.5 Å². The molecule has 7 heteroatoms. The van der Waals surface area contributed by atoms with Gasteiger partial charge in [0.25, 0.3) is 0 Å². The molecule has 0 spiro atoms. The molecule has 0 aliphatic heterocycles. The minimum absolute atomic E-state index is 0.110. The second-order valence-corrected chi connectivity index (χ2v) is 3.40. The number of benzene rings is 1. The van der Waals surface area contributed by atoms with E-state index in [2.05, 4.69) is 10.3 Å². The molecule has 0 unspecified atom stereocenters. The second kappa shape index (κ2) is 4.86. The van der Waals surface area contributed by atoms with Crippen molar-refractivity contribution in [2.75, 3.05) is 0 Å². The SMILES string of the molecule is NC(=O)NC(N)=Nc1ccc(Cl)c(Cl)c1. The lowest BCUT2D eigenvalue weighted by Gasteiger charge is -2.01. The van der Waals surface area contributed by atoms with Gasteiger partial charge in [-0.05, 0) is 18.2 Å². The van der Waals surface area contributed by atoms with E-state index in [1.54, 1.807) is 12.1 Å². The van der Waals surface area contributed by atoms with Crippen LogP contribution in [0.25, 0.3) is 0 Å². The predicted octanol–water partition coefficient (Wildman–Crippen LogP) is 1.61. The molecule has 0 bridgehead atoms. The highest BCUT2D eigenvalue weighted by Gasteiger charge is 2.00. The number of halogens is 2. The van der Waals surface area contributed by atoms with Gasteiger partial charge in [-0.25, -0.2) is 9.79 Å². The molecular weight excluding hydrogens is 239 g/mol. The maximum Gasteiger partial charge on any atom is 0.318 e. The van der Waals surface area contributed by atoms with Crippen molar-refractivity contribution in [3.05, 3.63) is 28.2 Å². The average molecular weight is 247 g/mol. The highest BCUT2D eigenvalue weighted by molar-refractivity contribution is 6.42. The molecule has 80 valence electrons. The number of carbonyl (C=O) groups is 1. The molecule has 0 saturated heterocycles. The molecule has 0 aliphatic rings. The number of urea groups is 1. The fourth-order valence-corrected chi connectivity index (χ4v) is 1.14. The number of hydrogen-bond acceptors (Lipinski definition) is 2. The van der Waals surface area contributed by atoms with Gasteiger partial charge in [-0.2, -0.15) is 0 Å². The van der Waals surface area contributed by atoms with E-state index in [1.165, 1.54) is 6.07 Å². The molecule has 0 fully saturated rings. The monoisotopic (exact) mass is 246 g/mol. The zero-order chi connectivity index (χ0) is 11.4. The van der Waals surface area contributed by atoms with Crippen molar-refractivity contribution in [3.63, 3.8) is 0 Å². The molecule has 1 rings (SSSR count). The molecule has 0 radical (unpaired) electrons. The first kappa shape index (κ1) is 11.6. The van der Waals surface area contributed by atoms with E-state index >= 15 is 0 Å². The Morgan fingerprint density at radius 2 is 1.93 bits per heavy atom. The lowest BCUT2D eigenvalue weighted by Crippen LogP contribution is -2.39. The fourth-order valence-electron chi connectivity index (χ4n) is 0.848. The molecule has 0 saturated carbocycles. The first-order chi connectivity index (χ1) is 6.99. The third kappa shape index (κ3) is 3.65. The molecular formula is C8H8Cl2N4O. The van der Waals surface area contributed by atoms with Crippen LogP contribution in [0.4, 0.5) is 10.5 Å². The number of hydrogen-bond donors (Lipinski definition) is 3. The van der Waals surface area contributed by atoms with Crippen molar-refractivity contribution in [2.24, 2.45) is 16.5 Å². The quantitative estimate of drug-likeness (QED) is 0.519. The molecule has 0 aliphatic carbocycles. The molecule has 0 heterocycles. The van der Waals surface area contributed by atoms with Crippen LogP contribution in [0.15, 0.2) is 23.2 Å². The second-order valence-electron chi connectivity index (χ2n) is 2.58. The number of aliphatic imine (C=N–C) groups is 1. The van der Waals surface area contributed by atoms with Gasteiger partial charge in [0.15, 0.2) is 0 Å². The standard InChI is InChI=1S/C8H8Cl2N4O/c9-5-2-1-4(3-6(5)10)13-7(11)14-8(12)15/h1-3H,(H5,11,12,13,14,15). The summed E-state index contributed by atoms with van der Waals surface area (Å²) in [4.78, 5) is 14.3. The lowest BCUT2D eigenvalue weighted by atomic mass is 10.3. The van der Waals surface area contributed by atoms with Gasteiger partial charge in [-0.15, -0.1) is 0 Å². The van der Waals surface area contributed by atoms with E-state index in [0.29, 0.717) is 15.7 Å². The molecule has 2 amide bonds. The minimum atomic E-state index is -0.781. The smallest absolute Gasteiger partial charge is 0.318 e. The van der Waals surface area contributed by atoms with Crippen LogP contribution in [0.2, 0.25) is 10.0 Å². The topological polar surface area (TPSA) is 93.5 Å². The highest BCUT2D eigenvalue weighted by Crippen LogP contribution is 2.26. The molecule has 5 nitrogen and oxygen atoms in total. The first-order valence-corrected chi connectivity index (χ1v) is 4.60. The van der Waals surface area contributed by atoms with Crippen molar-refractivity contribution in [2.45, 2.75) is 0 Å². The Morgan fingerprint density at radius 1 is 1.27 bits per heavy atom. The van der Waals surface area contributed by atoms with Crippen molar-refractivity contribution >= 4 is 40.9 Å². The summed E-state index contributed by atoms with van der Waals surface area (Å²) in [5.74, 6) is -0.110. The Balaban J connectivity index is 2.88. The Labute approximate surface area is 96.1 Å². The maximum absolute atomic E-state index is 10.4. The Bertz CT molecular complexity index is 419. The molecule has 0 atom stereocenters. The molecule has 5 N–H and O–H groups in total.